The third kappa shape index (κ3) is 4.96. The van der Waals surface area contributed by atoms with Crippen molar-refractivity contribution in [2.24, 2.45) is 0 Å². The number of carbonyl (C=O) groups is 1. The summed E-state index contributed by atoms with van der Waals surface area (Å²) in [6.07, 6.45) is 1.87. The van der Waals surface area contributed by atoms with Gasteiger partial charge in [0, 0.05) is 18.9 Å². The lowest BCUT2D eigenvalue weighted by Gasteiger charge is -2.26. The minimum atomic E-state index is -0.734. The fraction of sp³-hybridized carbons (Fsp3) is 0.435. The van der Waals surface area contributed by atoms with Gasteiger partial charge in [0.1, 0.15) is 0 Å². The standard InChI is InChI=1S/C23H29NO3/c1-17-20-10-5-3-8-18(20)16-19-9-4-6-11-21(19)23(17)27-15-14-24(2)13-7-12-22(25)26/h3-6,8-11,17,23H,7,12-16H2,1-2H3,(H,25,26). The number of benzene rings is 2. The van der Waals surface area contributed by atoms with Crippen LogP contribution in [0.15, 0.2) is 48.5 Å². The molecule has 4 heteroatoms. The molecular weight excluding hydrogens is 338 g/mol. The lowest BCUT2D eigenvalue weighted by atomic mass is 9.90. The van der Waals surface area contributed by atoms with E-state index in [0.29, 0.717) is 18.9 Å². The third-order valence-corrected chi connectivity index (χ3v) is 5.44. The lowest BCUT2D eigenvalue weighted by molar-refractivity contribution is -0.137. The summed E-state index contributed by atoms with van der Waals surface area (Å²) in [5.74, 6) is -0.440. The number of aliphatic carboxylic acids is 1. The van der Waals surface area contributed by atoms with Crippen molar-refractivity contribution in [1.29, 1.82) is 0 Å². The van der Waals surface area contributed by atoms with Gasteiger partial charge < -0.3 is 14.7 Å². The van der Waals surface area contributed by atoms with Crippen LogP contribution >= 0.6 is 0 Å². The Hall–Kier alpha value is -2.17. The minimum absolute atomic E-state index is 0.0391. The SMILES string of the molecule is CC1c2ccccc2Cc2ccccc2C1OCCN(C)CCCC(=O)O. The summed E-state index contributed by atoms with van der Waals surface area (Å²) in [4.78, 5) is 12.8. The molecule has 0 aromatic heterocycles. The van der Waals surface area contributed by atoms with Crippen LogP contribution in [0.4, 0.5) is 0 Å². The molecule has 0 aliphatic heterocycles. The number of ether oxygens (including phenoxy) is 1. The normalized spacial score (nSPS) is 18.6. The van der Waals surface area contributed by atoms with Crippen LogP contribution in [0.25, 0.3) is 0 Å². The average Bonchev–Trinajstić information content (AvgIpc) is 2.77. The van der Waals surface area contributed by atoms with E-state index in [0.717, 1.165) is 19.5 Å². The van der Waals surface area contributed by atoms with E-state index in [-0.39, 0.29) is 12.5 Å². The topological polar surface area (TPSA) is 49.8 Å². The van der Waals surface area contributed by atoms with E-state index < -0.39 is 5.97 Å². The maximum atomic E-state index is 10.6. The monoisotopic (exact) mass is 367 g/mol. The molecule has 27 heavy (non-hydrogen) atoms. The Bertz CT molecular complexity index is 774. The van der Waals surface area contributed by atoms with Crippen LogP contribution in [-0.2, 0) is 16.0 Å². The number of nitrogens with zero attached hydrogens (tertiary/aromatic N) is 1. The van der Waals surface area contributed by atoms with Gasteiger partial charge in [-0.25, -0.2) is 0 Å². The van der Waals surface area contributed by atoms with E-state index in [1.807, 2.05) is 7.05 Å². The van der Waals surface area contributed by atoms with Crippen molar-refractivity contribution in [3.8, 4) is 0 Å². The number of rotatable bonds is 8. The molecule has 3 rings (SSSR count). The smallest absolute Gasteiger partial charge is 0.303 e. The van der Waals surface area contributed by atoms with Crippen molar-refractivity contribution in [3.05, 3.63) is 70.8 Å². The first-order valence-electron chi connectivity index (χ1n) is 9.74. The second-order valence-electron chi connectivity index (χ2n) is 7.46. The van der Waals surface area contributed by atoms with Crippen LogP contribution in [0, 0.1) is 0 Å². The molecule has 0 radical (unpaired) electrons. The highest BCUT2D eigenvalue weighted by atomic mass is 16.5. The highest BCUT2D eigenvalue weighted by molar-refractivity contribution is 5.66. The van der Waals surface area contributed by atoms with Gasteiger partial charge in [0.05, 0.1) is 12.7 Å². The van der Waals surface area contributed by atoms with Crippen molar-refractivity contribution >= 4 is 5.97 Å². The predicted molar refractivity (Wildman–Crippen MR) is 107 cm³/mol. The molecule has 1 N–H and O–H groups in total. The Morgan fingerprint density at radius 3 is 2.41 bits per heavy atom. The fourth-order valence-electron chi connectivity index (χ4n) is 3.93. The van der Waals surface area contributed by atoms with Crippen LogP contribution in [0.1, 0.15) is 54.0 Å². The number of fused-ring (bicyclic) bond motifs is 2. The molecule has 0 spiro atoms. The number of carboxylic acids is 1. The minimum Gasteiger partial charge on any atom is -0.481 e. The van der Waals surface area contributed by atoms with Crippen LogP contribution in [0.2, 0.25) is 0 Å². The van der Waals surface area contributed by atoms with E-state index >= 15 is 0 Å². The number of carboxylic acid groups (broad SMARTS) is 1. The van der Waals surface area contributed by atoms with Gasteiger partial charge in [-0.3, -0.25) is 4.79 Å². The summed E-state index contributed by atoms with van der Waals surface area (Å²) in [6, 6.07) is 17.3. The van der Waals surface area contributed by atoms with E-state index in [1.165, 1.54) is 22.3 Å². The molecular formula is C23H29NO3. The predicted octanol–water partition coefficient (Wildman–Crippen LogP) is 4.25. The average molecular weight is 367 g/mol. The number of likely N-dealkylation sites (N-methyl/N-ethyl adjacent to an activating group) is 1. The van der Waals surface area contributed by atoms with Crippen LogP contribution in [0.3, 0.4) is 0 Å². The highest BCUT2D eigenvalue weighted by Crippen LogP contribution is 2.40. The summed E-state index contributed by atoms with van der Waals surface area (Å²) >= 11 is 0. The molecule has 0 bridgehead atoms. The molecule has 0 saturated carbocycles. The second kappa shape index (κ2) is 9.16. The molecule has 4 nitrogen and oxygen atoms in total. The van der Waals surface area contributed by atoms with Crippen LogP contribution < -0.4 is 0 Å². The van der Waals surface area contributed by atoms with Crippen molar-refractivity contribution in [2.75, 3.05) is 26.7 Å². The Kier molecular flexibility index (Phi) is 6.64. The van der Waals surface area contributed by atoms with Gasteiger partial charge in [0.15, 0.2) is 0 Å². The summed E-state index contributed by atoms with van der Waals surface area (Å²) in [7, 11) is 2.02. The van der Waals surface area contributed by atoms with Crippen molar-refractivity contribution in [2.45, 2.75) is 38.2 Å². The van der Waals surface area contributed by atoms with Gasteiger partial charge in [0.2, 0.25) is 0 Å². The zero-order valence-corrected chi connectivity index (χ0v) is 16.2. The zero-order chi connectivity index (χ0) is 19.2. The molecule has 0 heterocycles. The lowest BCUT2D eigenvalue weighted by Crippen LogP contribution is -2.26. The Balaban J connectivity index is 1.67. The van der Waals surface area contributed by atoms with Crippen molar-refractivity contribution < 1.29 is 14.6 Å². The van der Waals surface area contributed by atoms with Gasteiger partial charge in [-0.2, -0.15) is 0 Å². The van der Waals surface area contributed by atoms with Crippen LogP contribution in [-0.4, -0.2) is 42.7 Å². The number of hydrogen-bond donors (Lipinski definition) is 1. The fourth-order valence-corrected chi connectivity index (χ4v) is 3.93. The van der Waals surface area contributed by atoms with Gasteiger partial charge in [-0.1, -0.05) is 55.5 Å². The molecule has 1 aliphatic rings. The van der Waals surface area contributed by atoms with Crippen molar-refractivity contribution in [1.82, 2.24) is 4.90 Å². The molecule has 2 aromatic carbocycles. The van der Waals surface area contributed by atoms with Gasteiger partial charge in [-0.15, -0.1) is 0 Å². The Morgan fingerprint density at radius 1 is 1.07 bits per heavy atom. The molecule has 0 amide bonds. The Labute approximate surface area is 161 Å². The maximum Gasteiger partial charge on any atom is 0.303 e. The quantitative estimate of drug-likeness (QED) is 0.758. The third-order valence-electron chi connectivity index (χ3n) is 5.44. The molecule has 2 aromatic rings. The van der Waals surface area contributed by atoms with Gasteiger partial charge in [0.25, 0.3) is 0 Å². The molecule has 2 unspecified atom stereocenters. The highest BCUT2D eigenvalue weighted by Gasteiger charge is 2.28. The molecule has 2 atom stereocenters. The maximum absolute atomic E-state index is 10.6. The zero-order valence-electron chi connectivity index (χ0n) is 16.2. The van der Waals surface area contributed by atoms with Crippen LogP contribution in [0.5, 0.6) is 0 Å². The summed E-state index contributed by atoms with van der Waals surface area (Å²) in [6.45, 7) is 4.46. The Morgan fingerprint density at radius 2 is 1.70 bits per heavy atom. The van der Waals surface area contributed by atoms with E-state index in [1.54, 1.807) is 0 Å². The first kappa shape index (κ1) is 19.6. The molecule has 0 fully saturated rings. The van der Waals surface area contributed by atoms with E-state index in [4.69, 9.17) is 9.84 Å². The van der Waals surface area contributed by atoms with E-state index in [2.05, 4.69) is 60.4 Å². The first-order valence-corrected chi connectivity index (χ1v) is 9.74. The molecule has 144 valence electrons. The number of hydrogen-bond acceptors (Lipinski definition) is 3. The van der Waals surface area contributed by atoms with Crippen molar-refractivity contribution in [3.63, 3.8) is 0 Å². The molecule has 1 aliphatic carbocycles. The second-order valence-corrected chi connectivity index (χ2v) is 7.46. The first-order chi connectivity index (χ1) is 13.1. The summed E-state index contributed by atoms with van der Waals surface area (Å²) in [5, 5.41) is 8.76. The van der Waals surface area contributed by atoms with Gasteiger partial charge in [-0.05, 0) is 48.7 Å². The summed E-state index contributed by atoms with van der Waals surface area (Å²) < 4.78 is 6.40. The molecule has 0 saturated heterocycles. The van der Waals surface area contributed by atoms with E-state index in [9.17, 15) is 4.79 Å². The largest absolute Gasteiger partial charge is 0.481 e. The van der Waals surface area contributed by atoms with Gasteiger partial charge >= 0.3 is 5.97 Å². The summed E-state index contributed by atoms with van der Waals surface area (Å²) in [5.41, 5.74) is 5.38.